The number of hydrogen-bond donors (Lipinski definition) is 5. The van der Waals surface area contributed by atoms with E-state index in [1.54, 1.807) is 41.1 Å². The fourth-order valence-corrected chi connectivity index (χ4v) is 6.78. The number of tetrazole rings is 1. The number of aliphatic hydroxyl groups is 1. The van der Waals surface area contributed by atoms with Crippen molar-refractivity contribution < 1.29 is 29.3 Å². The van der Waals surface area contributed by atoms with Crippen LogP contribution < -0.4 is 16.4 Å². The Kier molecular flexibility index (Phi) is 13.1. The van der Waals surface area contributed by atoms with Gasteiger partial charge in [0.05, 0.1) is 35.9 Å². The van der Waals surface area contributed by atoms with Crippen molar-refractivity contribution in [3.05, 3.63) is 119 Å². The SMILES string of the molecule is Nc1ccccc1NC(=O)CCCCCC(=O)NCc1ccc([C@@H]2O[C@H](CSc3nnnn3-c3ccc(O)cc3)C[C@H](c3ccc(CO)cc3)O2)cc1. The molecule has 13 nitrogen and oxygen atoms in total. The van der Waals surface area contributed by atoms with E-state index in [-0.39, 0.29) is 36.4 Å². The predicted molar refractivity (Wildman–Crippen MR) is 201 cm³/mol. The number of carbonyl (C=O) groups excluding carboxylic acids is 2. The number of aromatic nitrogens is 4. The van der Waals surface area contributed by atoms with E-state index in [0.717, 1.165) is 34.4 Å². The van der Waals surface area contributed by atoms with Gasteiger partial charge in [0.15, 0.2) is 6.29 Å². The Labute approximate surface area is 311 Å². The van der Waals surface area contributed by atoms with E-state index >= 15 is 0 Å². The molecule has 1 fully saturated rings. The maximum atomic E-state index is 12.5. The molecule has 53 heavy (non-hydrogen) atoms. The molecule has 4 aromatic carbocycles. The normalized spacial score (nSPS) is 17.0. The van der Waals surface area contributed by atoms with Crippen LogP contribution >= 0.6 is 11.8 Å². The van der Waals surface area contributed by atoms with Gasteiger partial charge in [-0.1, -0.05) is 78.8 Å². The van der Waals surface area contributed by atoms with E-state index in [1.807, 2.05) is 60.7 Å². The van der Waals surface area contributed by atoms with Crippen LogP contribution in [0.3, 0.4) is 0 Å². The minimum atomic E-state index is -0.638. The van der Waals surface area contributed by atoms with E-state index in [4.69, 9.17) is 15.2 Å². The summed E-state index contributed by atoms with van der Waals surface area (Å²) >= 11 is 1.47. The lowest BCUT2D eigenvalue weighted by Crippen LogP contribution is -2.31. The number of phenols is 1. The first-order chi connectivity index (χ1) is 25.8. The molecule has 3 atom stereocenters. The topological polar surface area (TPSA) is 187 Å². The first kappa shape index (κ1) is 37.5. The highest BCUT2D eigenvalue weighted by Crippen LogP contribution is 2.39. The number of unbranched alkanes of at least 4 members (excludes halogenated alkanes) is 2. The molecule has 1 aliphatic rings. The van der Waals surface area contributed by atoms with Crippen molar-refractivity contribution >= 4 is 35.0 Å². The van der Waals surface area contributed by atoms with Gasteiger partial charge in [-0.15, -0.1) is 5.10 Å². The molecule has 5 aromatic rings. The number of amides is 2. The first-order valence-corrected chi connectivity index (χ1v) is 18.5. The van der Waals surface area contributed by atoms with Crippen molar-refractivity contribution in [1.29, 1.82) is 0 Å². The standard InChI is InChI=1S/C39H43N7O6S/c40-33-6-4-5-7-34(33)42-37(50)9-3-1-2-8-36(49)41-23-26-10-16-29(17-11-26)38-51-32(22-35(52-38)28-14-12-27(24-47)13-15-28)25-53-39-43-44-45-46(39)30-18-20-31(48)21-19-30/h4-7,10-21,32,35,38,47-48H,1-3,8-9,22-25,40H2,(H,41,49)(H,42,50)/t32-,35+,38+/m0/s1. The number of carbonyl (C=O) groups is 2. The molecule has 2 heterocycles. The summed E-state index contributed by atoms with van der Waals surface area (Å²) in [6, 6.07) is 29.3. The van der Waals surface area contributed by atoms with Crippen LogP contribution in [0.5, 0.6) is 5.75 Å². The van der Waals surface area contributed by atoms with Crippen LogP contribution in [0.15, 0.2) is 102 Å². The maximum absolute atomic E-state index is 12.5. The molecule has 0 radical (unpaired) electrons. The quantitative estimate of drug-likeness (QED) is 0.0455. The zero-order valence-corrected chi connectivity index (χ0v) is 30.0. The number of hydrogen-bond acceptors (Lipinski definition) is 11. The van der Waals surface area contributed by atoms with Crippen LogP contribution in [-0.2, 0) is 32.2 Å². The number of nitrogens with one attached hydrogen (secondary N) is 2. The van der Waals surface area contributed by atoms with Gasteiger partial charge >= 0.3 is 0 Å². The molecule has 6 rings (SSSR count). The molecule has 1 aromatic heterocycles. The first-order valence-electron chi connectivity index (χ1n) is 17.6. The summed E-state index contributed by atoms with van der Waals surface area (Å²) in [5, 5.41) is 37.8. The summed E-state index contributed by atoms with van der Waals surface area (Å²) in [5.41, 5.74) is 11.4. The van der Waals surface area contributed by atoms with Crippen molar-refractivity contribution in [1.82, 2.24) is 25.5 Å². The van der Waals surface area contributed by atoms with Crippen molar-refractivity contribution in [3.8, 4) is 11.4 Å². The maximum Gasteiger partial charge on any atom is 0.224 e. The third kappa shape index (κ3) is 10.6. The second-order valence-electron chi connectivity index (χ2n) is 12.8. The van der Waals surface area contributed by atoms with Gasteiger partial charge in [-0.05, 0) is 76.4 Å². The molecule has 6 N–H and O–H groups in total. The molecule has 0 aliphatic carbocycles. The number of aliphatic hydroxyl groups excluding tert-OH is 1. The number of phenolic OH excluding ortho intramolecular Hbond substituents is 1. The molecule has 1 aliphatic heterocycles. The smallest absolute Gasteiger partial charge is 0.224 e. The molecule has 276 valence electrons. The Hall–Kier alpha value is -5.28. The summed E-state index contributed by atoms with van der Waals surface area (Å²) in [4.78, 5) is 24.8. The molecular formula is C39H43N7O6S. The summed E-state index contributed by atoms with van der Waals surface area (Å²) in [6.45, 7) is 0.354. The molecule has 0 bridgehead atoms. The second-order valence-corrected chi connectivity index (χ2v) is 13.8. The van der Waals surface area contributed by atoms with Crippen LogP contribution in [0, 0.1) is 0 Å². The number of anilines is 2. The Morgan fingerprint density at radius 3 is 2.28 bits per heavy atom. The van der Waals surface area contributed by atoms with Crippen LogP contribution in [0.25, 0.3) is 5.69 Å². The van der Waals surface area contributed by atoms with Gasteiger partial charge in [0.1, 0.15) is 5.75 Å². The molecule has 0 spiro atoms. The number of rotatable bonds is 16. The molecule has 0 saturated carbocycles. The number of para-hydroxylation sites is 2. The highest BCUT2D eigenvalue weighted by Gasteiger charge is 2.32. The average molecular weight is 738 g/mol. The Morgan fingerprint density at radius 2 is 1.55 bits per heavy atom. The average Bonchev–Trinajstić information content (AvgIpc) is 3.66. The zero-order valence-electron chi connectivity index (χ0n) is 29.1. The van der Waals surface area contributed by atoms with Crippen LogP contribution in [0.1, 0.15) is 73.2 Å². The number of thioether (sulfide) groups is 1. The lowest BCUT2D eigenvalue weighted by molar-refractivity contribution is -0.245. The summed E-state index contributed by atoms with van der Waals surface area (Å²) < 4.78 is 14.6. The van der Waals surface area contributed by atoms with Crippen molar-refractivity contribution in [2.45, 2.75) is 75.3 Å². The number of nitrogen functional groups attached to an aromatic ring is 1. The Morgan fingerprint density at radius 1 is 0.849 bits per heavy atom. The lowest BCUT2D eigenvalue weighted by Gasteiger charge is -2.36. The van der Waals surface area contributed by atoms with Gasteiger partial charge in [0, 0.05) is 37.1 Å². The highest BCUT2D eigenvalue weighted by molar-refractivity contribution is 7.99. The van der Waals surface area contributed by atoms with Gasteiger partial charge < -0.3 is 36.1 Å². The molecule has 2 amide bonds. The van der Waals surface area contributed by atoms with E-state index in [0.29, 0.717) is 60.9 Å². The third-order valence-corrected chi connectivity index (χ3v) is 9.88. The number of nitrogens with two attached hydrogens (primary N) is 1. The lowest BCUT2D eigenvalue weighted by atomic mass is 10.0. The molecule has 1 saturated heterocycles. The molecular weight excluding hydrogens is 695 g/mol. The van der Waals surface area contributed by atoms with E-state index in [9.17, 15) is 19.8 Å². The van der Waals surface area contributed by atoms with Gasteiger partial charge in [0.2, 0.25) is 17.0 Å². The zero-order chi connectivity index (χ0) is 37.0. The van der Waals surface area contributed by atoms with Gasteiger partial charge in [-0.2, -0.15) is 4.68 Å². The molecule has 0 unspecified atom stereocenters. The van der Waals surface area contributed by atoms with E-state index < -0.39 is 6.29 Å². The minimum Gasteiger partial charge on any atom is -0.508 e. The Bertz CT molecular complexity index is 1940. The molecule has 14 heteroatoms. The van der Waals surface area contributed by atoms with E-state index in [1.165, 1.54) is 11.8 Å². The fourth-order valence-electron chi connectivity index (χ4n) is 5.87. The van der Waals surface area contributed by atoms with Crippen LogP contribution in [0.2, 0.25) is 0 Å². The fraction of sp³-hybridized carbons (Fsp3) is 0.308. The monoisotopic (exact) mass is 737 g/mol. The number of ether oxygens (including phenoxy) is 2. The van der Waals surface area contributed by atoms with Crippen LogP contribution in [-0.4, -0.2) is 54.1 Å². The number of nitrogens with zero attached hydrogens (tertiary/aromatic N) is 4. The summed E-state index contributed by atoms with van der Waals surface area (Å²) in [5.74, 6) is 0.586. The van der Waals surface area contributed by atoms with Crippen molar-refractivity contribution in [2.24, 2.45) is 0 Å². The largest absolute Gasteiger partial charge is 0.508 e. The third-order valence-electron chi connectivity index (χ3n) is 8.83. The minimum absolute atomic E-state index is 0.0361. The number of benzene rings is 4. The van der Waals surface area contributed by atoms with Crippen LogP contribution in [0.4, 0.5) is 11.4 Å². The van der Waals surface area contributed by atoms with Crippen molar-refractivity contribution in [2.75, 3.05) is 16.8 Å². The van der Waals surface area contributed by atoms with Gasteiger partial charge in [-0.3, -0.25) is 9.59 Å². The summed E-state index contributed by atoms with van der Waals surface area (Å²) in [6.07, 6.45) is 2.40. The number of aromatic hydroxyl groups is 1. The predicted octanol–water partition coefficient (Wildman–Crippen LogP) is 5.99. The second kappa shape index (κ2) is 18.5. The Balaban J connectivity index is 0.999. The van der Waals surface area contributed by atoms with Gasteiger partial charge in [0.25, 0.3) is 0 Å². The van der Waals surface area contributed by atoms with Gasteiger partial charge in [-0.25, -0.2) is 0 Å². The highest BCUT2D eigenvalue weighted by atomic mass is 32.2. The van der Waals surface area contributed by atoms with Crippen molar-refractivity contribution in [3.63, 3.8) is 0 Å². The summed E-state index contributed by atoms with van der Waals surface area (Å²) in [7, 11) is 0. The van der Waals surface area contributed by atoms with E-state index in [2.05, 4.69) is 26.2 Å².